The fraction of sp³-hybridized carbons (Fsp3) is 0.263. The van der Waals surface area contributed by atoms with E-state index in [0.717, 1.165) is 19.4 Å². The van der Waals surface area contributed by atoms with Crippen molar-refractivity contribution in [3.63, 3.8) is 0 Å². The van der Waals surface area contributed by atoms with E-state index in [9.17, 15) is 0 Å². The number of fused-ring (bicyclic) bond motifs is 1. The molecule has 0 aliphatic rings. The van der Waals surface area contributed by atoms with Crippen LogP contribution in [-0.2, 0) is 25.9 Å². The highest BCUT2D eigenvalue weighted by Gasteiger charge is 2.14. The molecule has 2 nitrogen and oxygen atoms in total. The van der Waals surface area contributed by atoms with Crippen molar-refractivity contribution in [2.24, 2.45) is 5.73 Å². The monoisotopic (exact) mass is 278 g/mol. The van der Waals surface area contributed by atoms with Crippen LogP contribution in [0.4, 0.5) is 0 Å². The van der Waals surface area contributed by atoms with Gasteiger partial charge in [0, 0.05) is 29.7 Å². The minimum atomic E-state index is 0.609. The largest absolute Gasteiger partial charge is 0.345 e. The molecule has 0 atom stereocenters. The molecule has 0 radical (unpaired) electrons. The first kappa shape index (κ1) is 13.9. The van der Waals surface area contributed by atoms with E-state index in [1.807, 2.05) is 0 Å². The molecule has 0 fully saturated rings. The fourth-order valence-corrected chi connectivity index (χ4v) is 3.21. The molecule has 0 saturated heterocycles. The van der Waals surface area contributed by atoms with E-state index in [-0.39, 0.29) is 0 Å². The van der Waals surface area contributed by atoms with Gasteiger partial charge in [0.2, 0.25) is 0 Å². The first-order valence-electron chi connectivity index (χ1n) is 7.68. The van der Waals surface area contributed by atoms with E-state index in [2.05, 4.69) is 66.1 Å². The molecule has 2 heteroatoms. The molecule has 0 bridgehead atoms. The third kappa shape index (κ3) is 2.59. The van der Waals surface area contributed by atoms with Crippen LogP contribution in [-0.4, -0.2) is 4.57 Å². The van der Waals surface area contributed by atoms with Crippen molar-refractivity contribution in [2.45, 2.75) is 32.9 Å². The van der Waals surface area contributed by atoms with Crippen molar-refractivity contribution in [1.82, 2.24) is 4.57 Å². The van der Waals surface area contributed by atoms with Gasteiger partial charge >= 0.3 is 0 Å². The zero-order valence-corrected chi connectivity index (χ0v) is 12.5. The number of nitrogens with two attached hydrogens (primary N) is 1. The number of hydrogen-bond acceptors (Lipinski definition) is 1. The molecule has 2 N–H and O–H groups in total. The van der Waals surface area contributed by atoms with Crippen molar-refractivity contribution < 1.29 is 0 Å². The number of benzene rings is 2. The topological polar surface area (TPSA) is 30.9 Å². The minimum absolute atomic E-state index is 0.609. The molecule has 1 aromatic heterocycles. The van der Waals surface area contributed by atoms with Gasteiger partial charge in [-0.15, -0.1) is 0 Å². The lowest BCUT2D eigenvalue weighted by Crippen LogP contribution is -2.07. The summed E-state index contributed by atoms with van der Waals surface area (Å²) in [4.78, 5) is 0. The molecule has 0 aliphatic carbocycles. The lowest BCUT2D eigenvalue weighted by Gasteiger charge is -2.10. The average Bonchev–Trinajstić information content (AvgIpc) is 2.86. The highest BCUT2D eigenvalue weighted by Crippen LogP contribution is 2.27. The van der Waals surface area contributed by atoms with Gasteiger partial charge in [-0.2, -0.15) is 0 Å². The Morgan fingerprint density at radius 2 is 1.62 bits per heavy atom. The lowest BCUT2D eigenvalue weighted by molar-refractivity contribution is 0.719. The summed E-state index contributed by atoms with van der Waals surface area (Å²) in [5, 5.41) is 1.31. The molecule has 108 valence electrons. The number of aryl methyl sites for hydroxylation is 2. The molecule has 3 rings (SSSR count). The van der Waals surface area contributed by atoms with Gasteiger partial charge in [0.15, 0.2) is 0 Å². The number of nitrogens with zero attached hydrogens (tertiary/aromatic N) is 1. The fourth-order valence-electron chi connectivity index (χ4n) is 3.21. The van der Waals surface area contributed by atoms with Crippen LogP contribution in [0.25, 0.3) is 10.9 Å². The van der Waals surface area contributed by atoms with Gasteiger partial charge in [-0.1, -0.05) is 48.5 Å². The summed E-state index contributed by atoms with van der Waals surface area (Å²) in [6, 6.07) is 19.3. The Morgan fingerprint density at radius 1 is 0.905 bits per heavy atom. The smallest absolute Gasteiger partial charge is 0.0485 e. The molecule has 2 aromatic carbocycles. The lowest BCUT2D eigenvalue weighted by atomic mass is 10.0. The van der Waals surface area contributed by atoms with E-state index in [0.29, 0.717) is 6.54 Å². The molecule has 0 saturated carbocycles. The maximum absolute atomic E-state index is 6.04. The molecular formula is C19H22N2. The third-order valence-corrected chi connectivity index (χ3v) is 4.21. The Bertz CT molecular complexity index is 685. The van der Waals surface area contributed by atoms with Gasteiger partial charge in [0.25, 0.3) is 0 Å². The summed E-state index contributed by atoms with van der Waals surface area (Å²) in [6.45, 7) is 3.81. The molecule has 0 unspecified atom stereocenters. The van der Waals surface area contributed by atoms with Crippen LogP contribution < -0.4 is 5.73 Å². The highest BCUT2D eigenvalue weighted by atomic mass is 15.0. The summed E-state index contributed by atoms with van der Waals surface area (Å²) < 4.78 is 2.42. The van der Waals surface area contributed by atoms with Gasteiger partial charge in [-0.3, -0.25) is 0 Å². The summed E-state index contributed by atoms with van der Waals surface area (Å²) >= 11 is 0. The first-order valence-corrected chi connectivity index (χ1v) is 7.68. The summed E-state index contributed by atoms with van der Waals surface area (Å²) in [5.41, 5.74) is 11.4. The quantitative estimate of drug-likeness (QED) is 0.754. The van der Waals surface area contributed by atoms with E-state index >= 15 is 0 Å². The van der Waals surface area contributed by atoms with E-state index in [1.165, 1.54) is 27.7 Å². The van der Waals surface area contributed by atoms with E-state index < -0.39 is 0 Å². The van der Waals surface area contributed by atoms with Crippen LogP contribution in [0.3, 0.4) is 0 Å². The van der Waals surface area contributed by atoms with Crippen molar-refractivity contribution in [1.29, 1.82) is 0 Å². The second kappa shape index (κ2) is 6.15. The number of hydrogen-bond donors (Lipinski definition) is 1. The summed E-state index contributed by atoms with van der Waals surface area (Å²) in [5.74, 6) is 0. The molecular weight excluding hydrogens is 256 g/mol. The average molecular weight is 278 g/mol. The molecule has 0 amide bonds. The SMILES string of the molecule is CCn1c(CCc2ccccc2)c(CN)c2ccccc21. The number of aromatic nitrogens is 1. The zero-order valence-electron chi connectivity index (χ0n) is 12.5. The van der Waals surface area contributed by atoms with Crippen LogP contribution in [0.2, 0.25) is 0 Å². The standard InChI is InChI=1S/C19H22N2/c1-2-21-18-11-7-6-10-16(18)17(14-20)19(21)13-12-15-8-4-3-5-9-15/h3-11H,2,12-14,20H2,1H3. The second-order valence-corrected chi connectivity index (χ2v) is 5.38. The Morgan fingerprint density at radius 3 is 2.33 bits per heavy atom. The molecule has 21 heavy (non-hydrogen) atoms. The van der Waals surface area contributed by atoms with Gasteiger partial charge in [0.05, 0.1) is 0 Å². The van der Waals surface area contributed by atoms with Gasteiger partial charge in [-0.25, -0.2) is 0 Å². The van der Waals surface area contributed by atoms with Crippen LogP contribution in [0.15, 0.2) is 54.6 Å². The van der Waals surface area contributed by atoms with E-state index in [4.69, 9.17) is 5.73 Å². The van der Waals surface area contributed by atoms with Crippen molar-refractivity contribution in [3.05, 3.63) is 71.4 Å². The number of para-hydroxylation sites is 1. The first-order chi connectivity index (χ1) is 10.3. The maximum atomic E-state index is 6.04. The van der Waals surface area contributed by atoms with Crippen LogP contribution in [0.5, 0.6) is 0 Å². The molecule has 0 aliphatic heterocycles. The Balaban J connectivity index is 2.00. The summed E-state index contributed by atoms with van der Waals surface area (Å²) in [6.07, 6.45) is 2.10. The van der Waals surface area contributed by atoms with Crippen molar-refractivity contribution in [3.8, 4) is 0 Å². The molecule has 1 heterocycles. The second-order valence-electron chi connectivity index (χ2n) is 5.38. The number of rotatable bonds is 5. The van der Waals surface area contributed by atoms with Crippen LogP contribution in [0.1, 0.15) is 23.7 Å². The zero-order chi connectivity index (χ0) is 14.7. The van der Waals surface area contributed by atoms with Crippen LogP contribution in [0, 0.1) is 0 Å². The van der Waals surface area contributed by atoms with E-state index in [1.54, 1.807) is 0 Å². The van der Waals surface area contributed by atoms with Gasteiger partial charge < -0.3 is 10.3 Å². The Kier molecular flexibility index (Phi) is 4.07. The Hall–Kier alpha value is -2.06. The Labute approximate surface area is 126 Å². The highest BCUT2D eigenvalue weighted by molar-refractivity contribution is 5.85. The van der Waals surface area contributed by atoms with Crippen molar-refractivity contribution >= 4 is 10.9 Å². The third-order valence-electron chi connectivity index (χ3n) is 4.21. The molecule has 3 aromatic rings. The predicted octanol–water partition coefficient (Wildman–Crippen LogP) is 3.91. The molecule has 0 spiro atoms. The van der Waals surface area contributed by atoms with Crippen LogP contribution >= 0.6 is 0 Å². The van der Waals surface area contributed by atoms with Gasteiger partial charge in [0.1, 0.15) is 0 Å². The predicted molar refractivity (Wildman–Crippen MR) is 89.4 cm³/mol. The summed E-state index contributed by atoms with van der Waals surface area (Å²) in [7, 11) is 0. The normalized spacial score (nSPS) is 11.1. The van der Waals surface area contributed by atoms with Crippen molar-refractivity contribution in [2.75, 3.05) is 0 Å². The maximum Gasteiger partial charge on any atom is 0.0485 e. The minimum Gasteiger partial charge on any atom is -0.345 e. The van der Waals surface area contributed by atoms with Gasteiger partial charge in [-0.05, 0) is 37.0 Å².